The Balaban J connectivity index is 3.03. The fraction of sp³-hybridized carbons (Fsp3) is 0.500. The third-order valence-electron chi connectivity index (χ3n) is 1.42. The molecule has 0 aliphatic carbocycles. The lowest BCUT2D eigenvalue weighted by Crippen LogP contribution is -1.71. The van der Waals surface area contributed by atoms with Crippen molar-refractivity contribution in [3.8, 4) is 6.07 Å². The van der Waals surface area contributed by atoms with Crippen LogP contribution in [0.1, 0.15) is 32.6 Å². The average molecular weight is 149 g/mol. The van der Waals surface area contributed by atoms with E-state index in [1.54, 1.807) is 6.08 Å². The normalized spacial score (nSPS) is 10.9. The summed E-state index contributed by atoms with van der Waals surface area (Å²) in [5.41, 5.74) is 0. The zero-order chi connectivity index (χ0) is 8.36. The van der Waals surface area contributed by atoms with Gasteiger partial charge < -0.3 is 0 Å². The number of nitrogens with zero attached hydrogens (tertiary/aromatic N) is 1. The molecule has 0 aliphatic rings. The van der Waals surface area contributed by atoms with E-state index in [1.165, 1.54) is 12.8 Å². The van der Waals surface area contributed by atoms with Crippen LogP contribution >= 0.6 is 0 Å². The van der Waals surface area contributed by atoms with Crippen molar-refractivity contribution in [2.24, 2.45) is 0 Å². The van der Waals surface area contributed by atoms with Gasteiger partial charge in [0, 0.05) is 6.08 Å². The summed E-state index contributed by atoms with van der Waals surface area (Å²) in [7, 11) is 0. The highest BCUT2D eigenvalue weighted by atomic mass is 14.2. The topological polar surface area (TPSA) is 23.8 Å². The molecule has 0 atom stereocenters. The number of allylic oxidation sites excluding steroid dienone is 4. The minimum atomic E-state index is 1.03. The van der Waals surface area contributed by atoms with Crippen LogP contribution in [0.2, 0.25) is 0 Å². The summed E-state index contributed by atoms with van der Waals surface area (Å²) in [6, 6.07) is 1.98. The van der Waals surface area contributed by atoms with Crippen LogP contribution in [0.3, 0.4) is 0 Å². The molecule has 0 N–H and O–H groups in total. The van der Waals surface area contributed by atoms with Crippen LogP contribution in [0.25, 0.3) is 0 Å². The van der Waals surface area contributed by atoms with Gasteiger partial charge in [-0.05, 0) is 32.6 Å². The van der Waals surface area contributed by atoms with Crippen molar-refractivity contribution in [3.63, 3.8) is 0 Å². The molecule has 0 heterocycles. The molecule has 0 aromatic carbocycles. The third kappa shape index (κ3) is 8.97. The molecule has 1 heteroatoms. The van der Waals surface area contributed by atoms with E-state index >= 15 is 0 Å². The SMILES string of the molecule is CC=CCCCCC=CC#N. The lowest BCUT2D eigenvalue weighted by atomic mass is 10.2. The van der Waals surface area contributed by atoms with Gasteiger partial charge in [0.15, 0.2) is 0 Å². The van der Waals surface area contributed by atoms with E-state index in [2.05, 4.69) is 12.2 Å². The van der Waals surface area contributed by atoms with E-state index in [9.17, 15) is 0 Å². The first-order chi connectivity index (χ1) is 5.41. The summed E-state index contributed by atoms with van der Waals surface area (Å²) in [6.07, 6.45) is 12.3. The van der Waals surface area contributed by atoms with E-state index in [1.807, 2.05) is 19.1 Å². The maximum Gasteiger partial charge on any atom is 0.0908 e. The van der Waals surface area contributed by atoms with E-state index in [0.717, 1.165) is 12.8 Å². The Kier molecular flexibility index (Phi) is 8.13. The van der Waals surface area contributed by atoms with Crippen molar-refractivity contribution in [2.45, 2.75) is 32.6 Å². The zero-order valence-corrected chi connectivity index (χ0v) is 7.09. The van der Waals surface area contributed by atoms with Crippen LogP contribution in [0.15, 0.2) is 24.3 Å². The number of nitriles is 1. The number of hydrogen-bond donors (Lipinski definition) is 0. The van der Waals surface area contributed by atoms with Gasteiger partial charge in [-0.25, -0.2) is 0 Å². The van der Waals surface area contributed by atoms with Crippen LogP contribution in [0.4, 0.5) is 0 Å². The molecular formula is C10H15N. The standard InChI is InChI=1S/C10H15N/c1-2-3-4-5-6-7-8-9-10-11/h2-3,8-9H,4-7H2,1H3. The molecule has 0 fully saturated rings. The van der Waals surface area contributed by atoms with E-state index < -0.39 is 0 Å². The molecule has 0 radical (unpaired) electrons. The Bertz CT molecular complexity index is 160. The highest BCUT2D eigenvalue weighted by Gasteiger charge is 1.81. The van der Waals surface area contributed by atoms with Crippen LogP contribution in [-0.4, -0.2) is 0 Å². The van der Waals surface area contributed by atoms with Gasteiger partial charge in [0.1, 0.15) is 0 Å². The molecular weight excluding hydrogens is 134 g/mol. The summed E-state index contributed by atoms with van der Waals surface area (Å²) in [4.78, 5) is 0. The highest BCUT2D eigenvalue weighted by molar-refractivity contribution is 5.01. The van der Waals surface area contributed by atoms with Crippen molar-refractivity contribution >= 4 is 0 Å². The molecule has 0 aromatic heterocycles. The number of rotatable bonds is 5. The van der Waals surface area contributed by atoms with Gasteiger partial charge in [0.05, 0.1) is 6.07 Å². The van der Waals surface area contributed by atoms with Gasteiger partial charge >= 0.3 is 0 Å². The van der Waals surface area contributed by atoms with Crippen molar-refractivity contribution in [1.29, 1.82) is 5.26 Å². The summed E-state index contributed by atoms with van der Waals surface area (Å²) < 4.78 is 0. The Hall–Kier alpha value is -1.03. The van der Waals surface area contributed by atoms with Crippen molar-refractivity contribution in [3.05, 3.63) is 24.3 Å². The first-order valence-electron chi connectivity index (χ1n) is 4.07. The van der Waals surface area contributed by atoms with Gasteiger partial charge in [-0.1, -0.05) is 18.2 Å². The summed E-state index contributed by atoms with van der Waals surface area (Å²) in [5.74, 6) is 0. The average Bonchev–Trinajstić information content (AvgIpc) is 2.03. The Morgan fingerprint density at radius 3 is 2.36 bits per heavy atom. The first-order valence-corrected chi connectivity index (χ1v) is 4.07. The fourth-order valence-corrected chi connectivity index (χ4v) is 0.827. The van der Waals surface area contributed by atoms with Crippen LogP contribution in [0, 0.1) is 11.3 Å². The lowest BCUT2D eigenvalue weighted by Gasteiger charge is -1.90. The molecule has 0 amide bonds. The molecule has 0 saturated heterocycles. The van der Waals surface area contributed by atoms with Gasteiger partial charge in [-0.2, -0.15) is 5.26 Å². The zero-order valence-electron chi connectivity index (χ0n) is 7.09. The van der Waals surface area contributed by atoms with Gasteiger partial charge in [-0.15, -0.1) is 0 Å². The van der Waals surface area contributed by atoms with Gasteiger partial charge in [0.25, 0.3) is 0 Å². The monoisotopic (exact) mass is 149 g/mol. The third-order valence-corrected chi connectivity index (χ3v) is 1.42. The maximum absolute atomic E-state index is 8.16. The maximum atomic E-state index is 8.16. The molecule has 0 bridgehead atoms. The summed E-state index contributed by atoms with van der Waals surface area (Å²) in [6.45, 7) is 2.04. The van der Waals surface area contributed by atoms with E-state index in [4.69, 9.17) is 5.26 Å². The van der Waals surface area contributed by atoms with Crippen molar-refractivity contribution < 1.29 is 0 Å². The van der Waals surface area contributed by atoms with Gasteiger partial charge in [0.2, 0.25) is 0 Å². The largest absolute Gasteiger partial charge is 0.193 e. The minimum absolute atomic E-state index is 1.03. The van der Waals surface area contributed by atoms with Gasteiger partial charge in [-0.3, -0.25) is 0 Å². The molecule has 0 unspecified atom stereocenters. The minimum Gasteiger partial charge on any atom is -0.193 e. The van der Waals surface area contributed by atoms with Crippen molar-refractivity contribution in [1.82, 2.24) is 0 Å². The molecule has 1 nitrogen and oxygen atoms in total. The molecule has 0 spiro atoms. The molecule has 0 rings (SSSR count). The highest BCUT2D eigenvalue weighted by Crippen LogP contribution is 2.00. The second-order valence-corrected chi connectivity index (χ2v) is 2.38. The van der Waals surface area contributed by atoms with E-state index in [-0.39, 0.29) is 0 Å². The second kappa shape index (κ2) is 8.97. The summed E-state index contributed by atoms with van der Waals surface area (Å²) >= 11 is 0. The molecule has 0 aromatic rings. The fourth-order valence-electron chi connectivity index (χ4n) is 0.827. The summed E-state index contributed by atoms with van der Waals surface area (Å²) in [5, 5.41) is 8.16. The lowest BCUT2D eigenvalue weighted by molar-refractivity contribution is 0.762. The molecule has 0 aliphatic heterocycles. The van der Waals surface area contributed by atoms with E-state index in [0.29, 0.717) is 0 Å². The quantitative estimate of drug-likeness (QED) is 0.334. The predicted molar refractivity (Wildman–Crippen MR) is 48.0 cm³/mol. The van der Waals surface area contributed by atoms with Crippen LogP contribution in [0.5, 0.6) is 0 Å². The first kappa shape index (κ1) is 9.97. The smallest absolute Gasteiger partial charge is 0.0908 e. The van der Waals surface area contributed by atoms with Crippen molar-refractivity contribution in [2.75, 3.05) is 0 Å². The van der Waals surface area contributed by atoms with Crippen LogP contribution < -0.4 is 0 Å². The molecule has 0 saturated carbocycles. The molecule has 60 valence electrons. The number of unbranched alkanes of at least 4 members (excludes halogenated alkanes) is 3. The van der Waals surface area contributed by atoms with Crippen LogP contribution in [-0.2, 0) is 0 Å². The Morgan fingerprint density at radius 1 is 1.18 bits per heavy atom. The molecule has 11 heavy (non-hydrogen) atoms. The number of hydrogen-bond acceptors (Lipinski definition) is 1. The Labute approximate surface area is 69.0 Å². The Morgan fingerprint density at radius 2 is 1.82 bits per heavy atom. The predicted octanol–water partition coefficient (Wildman–Crippen LogP) is 3.20. The second-order valence-electron chi connectivity index (χ2n) is 2.38.